The summed E-state index contributed by atoms with van der Waals surface area (Å²) in [6.07, 6.45) is 2.31. The molecule has 0 radical (unpaired) electrons. The van der Waals surface area contributed by atoms with Gasteiger partial charge in [0.2, 0.25) is 17.7 Å². The first kappa shape index (κ1) is 19.8. The van der Waals surface area contributed by atoms with Gasteiger partial charge in [-0.3, -0.25) is 9.69 Å². The number of nitrogens with zero attached hydrogens (tertiary/aromatic N) is 4. The number of carbonyl (C=O) groups is 1. The van der Waals surface area contributed by atoms with E-state index in [0.29, 0.717) is 35.5 Å². The number of amides is 1. The van der Waals surface area contributed by atoms with Crippen LogP contribution in [0.2, 0.25) is 5.02 Å². The van der Waals surface area contributed by atoms with Gasteiger partial charge in [-0.25, -0.2) is 0 Å². The number of hydrogen-bond acceptors (Lipinski definition) is 5. The van der Waals surface area contributed by atoms with Crippen LogP contribution in [0.15, 0.2) is 28.7 Å². The third-order valence-corrected chi connectivity index (χ3v) is 5.39. The number of piperidine rings is 1. The molecule has 1 aromatic carbocycles. The molecule has 0 N–H and O–H groups in total. The zero-order valence-corrected chi connectivity index (χ0v) is 16.9. The van der Waals surface area contributed by atoms with Gasteiger partial charge in [-0.1, -0.05) is 30.7 Å². The van der Waals surface area contributed by atoms with Crippen LogP contribution < -0.4 is 0 Å². The van der Waals surface area contributed by atoms with Crippen molar-refractivity contribution >= 4 is 17.5 Å². The maximum Gasteiger partial charge on any atom is 0.249 e. The summed E-state index contributed by atoms with van der Waals surface area (Å²) in [5.41, 5.74) is 0.697. The smallest absolute Gasteiger partial charge is 0.249 e. The first-order valence-corrected chi connectivity index (χ1v) is 9.91. The zero-order valence-electron chi connectivity index (χ0n) is 16.2. The molecule has 146 valence electrons. The molecule has 1 aromatic heterocycles. The Morgan fingerprint density at radius 3 is 2.67 bits per heavy atom. The molecule has 0 unspecified atom stereocenters. The van der Waals surface area contributed by atoms with Crippen LogP contribution in [0.1, 0.15) is 39.5 Å². The molecular weight excluding hydrogens is 364 g/mol. The second-order valence-electron chi connectivity index (χ2n) is 7.55. The Bertz CT molecular complexity index is 769. The van der Waals surface area contributed by atoms with Crippen molar-refractivity contribution in [3.05, 3.63) is 35.2 Å². The van der Waals surface area contributed by atoms with E-state index >= 15 is 0 Å². The summed E-state index contributed by atoms with van der Waals surface area (Å²) in [5, 5.41) is 8.76. The van der Waals surface area contributed by atoms with Crippen LogP contribution in [0.25, 0.3) is 11.5 Å². The minimum atomic E-state index is 0.0527. The van der Waals surface area contributed by atoms with Crippen molar-refractivity contribution in [1.29, 1.82) is 0 Å². The van der Waals surface area contributed by atoms with E-state index in [1.807, 2.05) is 32.0 Å². The SMILES string of the molecule is CC1CCN(CC(=O)N(Cc2nnc(-c3ccccc3Cl)o2)C(C)C)CC1. The van der Waals surface area contributed by atoms with Crippen molar-refractivity contribution in [3.8, 4) is 11.5 Å². The van der Waals surface area contributed by atoms with Crippen LogP contribution in [0.3, 0.4) is 0 Å². The van der Waals surface area contributed by atoms with E-state index in [9.17, 15) is 4.79 Å². The summed E-state index contributed by atoms with van der Waals surface area (Å²) in [4.78, 5) is 16.9. The fraction of sp³-hybridized carbons (Fsp3) is 0.550. The highest BCUT2D eigenvalue weighted by molar-refractivity contribution is 6.33. The van der Waals surface area contributed by atoms with Gasteiger partial charge in [0.05, 0.1) is 23.7 Å². The Hall–Kier alpha value is -1.92. The lowest BCUT2D eigenvalue weighted by molar-refractivity contribution is -0.135. The number of likely N-dealkylation sites (tertiary alicyclic amines) is 1. The zero-order chi connectivity index (χ0) is 19.4. The molecule has 2 aromatic rings. The highest BCUT2D eigenvalue weighted by Crippen LogP contribution is 2.26. The minimum Gasteiger partial charge on any atom is -0.419 e. The summed E-state index contributed by atoms with van der Waals surface area (Å²) < 4.78 is 5.77. The van der Waals surface area contributed by atoms with Crippen LogP contribution in [-0.4, -0.2) is 51.6 Å². The van der Waals surface area contributed by atoms with E-state index in [1.54, 1.807) is 11.0 Å². The van der Waals surface area contributed by atoms with Gasteiger partial charge in [-0.05, 0) is 57.8 Å². The van der Waals surface area contributed by atoms with E-state index in [4.69, 9.17) is 16.0 Å². The predicted octanol–water partition coefficient (Wildman–Crippen LogP) is 3.86. The van der Waals surface area contributed by atoms with Gasteiger partial charge in [0.1, 0.15) is 0 Å². The third-order valence-electron chi connectivity index (χ3n) is 5.06. The van der Waals surface area contributed by atoms with E-state index in [1.165, 1.54) is 0 Å². The standard InChI is InChI=1S/C20H27ClN4O2/c1-14(2)25(19(26)13-24-10-8-15(3)9-11-24)12-18-22-23-20(27-18)16-6-4-5-7-17(16)21/h4-7,14-15H,8-13H2,1-3H3. The average molecular weight is 391 g/mol. The van der Waals surface area contributed by atoms with Crippen molar-refractivity contribution in [2.75, 3.05) is 19.6 Å². The number of halogens is 1. The van der Waals surface area contributed by atoms with Gasteiger partial charge in [0, 0.05) is 6.04 Å². The molecule has 1 aliphatic rings. The van der Waals surface area contributed by atoms with Crippen molar-refractivity contribution in [2.45, 2.75) is 46.2 Å². The maximum atomic E-state index is 12.8. The van der Waals surface area contributed by atoms with Gasteiger partial charge in [-0.2, -0.15) is 0 Å². The maximum absolute atomic E-state index is 12.8. The number of aromatic nitrogens is 2. The van der Waals surface area contributed by atoms with E-state index < -0.39 is 0 Å². The van der Waals surface area contributed by atoms with Crippen LogP contribution in [0.4, 0.5) is 0 Å². The fourth-order valence-corrected chi connectivity index (χ4v) is 3.48. The number of hydrogen-bond donors (Lipinski definition) is 0. The van der Waals surface area contributed by atoms with Gasteiger partial charge < -0.3 is 9.32 Å². The molecule has 7 heteroatoms. The molecule has 1 amide bonds. The molecule has 2 heterocycles. The topological polar surface area (TPSA) is 62.5 Å². The Kier molecular flexibility index (Phi) is 6.50. The van der Waals surface area contributed by atoms with E-state index in [2.05, 4.69) is 22.0 Å². The molecule has 27 heavy (non-hydrogen) atoms. The predicted molar refractivity (Wildman–Crippen MR) is 105 cm³/mol. The quantitative estimate of drug-likeness (QED) is 0.749. The highest BCUT2D eigenvalue weighted by atomic mass is 35.5. The van der Waals surface area contributed by atoms with Crippen molar-refractivity contribution in [3.63, 3.8) is 0 Å². The second-order valence-corrected chi connectivity index (χ2v) is 7.96. The summed E-state index contributed by atoms with van der Waals surface area (Å²) in [6.45, 7) is 8.98. The number of rotatable bonds is 6. The summed E-state index contributed by atoms with van der Waals surface area (Å²) in [5.74, 6) is 1.63. The molecule has 0 bridgehead atoms. The Morgan fingerprint density at radius 2 is 2.00 bits per heavy atom. The van der Waals surface area contributed by atoms with Crippen LogP contribution >= 0.6 is 11.6 Å². The van der Waals surface area contributed by atoms with E-state index in [0.717, 1.165) is 31.8 Å². The first-order valence-electron chi connectivity index (χ1n) is 9.53. The molecule has 0 saturated carbocycles. The fourth-order valence-electron chi connectivity index (χ4n) is 3.27. The number of carbonyl (C=O) groups excluding carboxylic acids is 1. The largest absolute Gasteiger partial charge is 0.419 e. The Labute approximate surface area is 165 Å². The molecule has 0 aliphatic carbocycles. The summed E-state index contributed by atoms with van der Waals surface area (Å²) in [6, 6.07) is 7.39. The van der Waals surface area contributed by atoms with Gasteiger partial charge in [-0.15, -0.1) is 10.2 Å². The minimum absolute atomic E-state index is 0.0527. The monoisotopic (exact) mass is 390 g/mol. The first-order chi connectivity index (χ1) is 12.9. The van der Waals surface area contributed by atoms with E-state index in [-0.39, 0.29) is 11.9 Å². The lowest BCUT2D eigenvalue weighted by Crippen LogP contribution is -2.45. The molecule has 0 atom stereocenters. The van der Waals surface area contributed by atoms with Gasteiger partial charge >= 0.3 is 0 Å². The number of benzene rings is 1. The molecule has 6 nitrogen and oxygen atoms in total. The lowest BCUT2D eigenvalue weighted by atomic mass is 9.99. The Morgan fingerprint density at radius 1 is 1.30 bits per heavy atom. The van der Waals surface area contributed by atoms with Crippen LogP contribution in [-0.2, 0) is 11.3 Å². The summed E-state index contributed by atoms with van der Waals surface area (Å²) >= 11 is 6.20. The normalized spacial score (nSPS) is 16.0. The molecule has 3 rings (SSSR count). The highest BCUT2D eigenvalue weighted by Gasteiger charge is 2.24. The van der Waals surface area contributed by atoms with Crippen LogP contribution in [0, 0.1) is 5.92 Å². The Balaban J connectivity index is 1.66. The molecular formula is C20H27ClN4O2. The lowest BCUT2D eigenvalue weighted by Gasteiger charge is -2.32. The van der Waals surface area contributed by atoms with Crippen molar-refractivity contribution in [2.24, 2.45) is 5.92 Å². The third kappa shape index (κ3) is 5.08. The molecule has 1 aliphatic heterocycles. The average Bonchev–Trinajstić information content (AvgIpc) is 3.10. The van der Waals surface area contributed by atoms with Crippen molar-refractivity contribution < 1.29 is 9.21 Å². The molecule has 1 fully saturated rings. The van der Waals surface area contributed by atoms with Crippen LogP contribution in [0.5, 0.6) is 0 Å². The van der Waals surface area contributed by atoms with Gasteiger partial charge in [0.15, 0.2) is 0 Å². The second kappa shape index (κ2) is 8.85. The van der Waals surface area contributed by atoms with Gasteiger partial charge in [0.25, 0.3) is 0 Å². The molecule has 0 spiro atoms. The molecule has 1 saturated heterocycles. The van der Waals surface area contributed by atoms with Crippen molar-refractivity contribution in [1.82, 2.24) is 20.0 Å². The summed E-state index contributed by atoms with van der Waals surface area (Å²) in [7, 11) is 0.